The van der Waals surface area contributed by atoms with Gasteiger partial charge in [0.15, 0.2) is 0 Å². The zero-order chi connectivity index (χ0) is 17.9. The van der Waals surface area contributed by atoms with E-state index in [1.165, 1.54) is 10.5 Å². The molecule has 25 heavy (non-hydrogen) atoms. The lowest BCUT2D eigenvalue weighted by atomic mass is 9.63. The van der Waals surface area contributed by atoms with Gasteiger partial charge in [0, 0.05) is 11.5 Å². The van der Waals surface area contributed by atoms with Crippen LogP contribution >= 0.6 is 0 Å². The molecule has 1 aliphatic carbocycles. The quantitative estimate of drug-likeness (QED) is 0.902. The number of aliphatic hydroxyl groups is 1. The van der Waals surface area contributed by atoms with E-state index >= 15 is 0 Å². The zero-order valence-electron chi connectivity index (χ0n) is 15.0. The fourth-order valence-corrected chi connectivity index (χ4v) is 4.44. The molecule has 0 bridgehead atoms. The molecule has 0 aromatic heterocycles. The van der Waals surface area contributed by atoms with Crippen LogP contribution in [0.1, 0.15) is 36.4 Å². The second-order valence-electron chi connectivity index (χ2n) is 7.50. The van der Waals surface area contributed by atoms with Crippen LogP contribution in [0.4, 0.5) is 0 Å². The summed E-state index contributed by atoms with van der Waals surface area (Å²) in [5.41, 5.74) is 1.80. The maximum Gasteiger partial charge on any atom is 0.118 e. The van der Waals surface area contributed by atoms with Crippen molar-refractivity contribution < 1.29 is 10.0 Å². The molecule has 0 heterocycles. The zero-order valence-corrected chi connectivity index (χ0v) is 15.0. The van der Waals surface area contributed by atoms with Crippen LogP contribution < -0.4 is 4.90 Å². The van der Waals surface area contributed by atoms with E-state index in [1.807, 2.05) is 24.3 Å². The predicted molar refractivity (Wildman–Crippen MR) is 99.1 cm³/mol. The van der Waals surface area contributed by atoms with Crippen LogP contribution in [0.3, 0.4) is 0 Å². The predicted octanol–water partition coefficient (Wildman–Crippen LogP) is 2.49. The SMILES string of the molecule is C[NH+](C)[C@H](c1ccccc1)[C@@H]1C[C@@](C#N)(c2ccccc2)CC[C@@H]1O. The number of rotatable bonds is 4. The van der Waals surface area contributed by atoms with Crippen molar-refractivity contribution in [2.24, 2.45) is 5.92 Å². The number of quaternary nitrogens is 1. The molecule has 1 aliphatic rings. The molecule has 0 spiro atoms. The van der Waals surface area contributed by atoms with E-state index in [-0.39, 0.29) is 18.1 Å². The molecule has 0 amide bonds. The van der Waals surface area contributed by atoms with E-state index in [4.69, 9.17) is 0 Å². The fraction of sp³-hybridized carbons (Fsp3) is 0.409. The van der Waals surface area contributed by atoms with Crippen molar-refractivity contribution in [1.29, 1.82) is 5.26 Å². The maximum absolute atomic E-state index is 10.8. The molecule has 0 unspecified atom stereocenters. The summed E-state index contributed by atoms with van der Waals surface area (Å²) in [6, 6.07) is 23.3. The Balaban J connectivity index is 1.98. The molecule has 0 aliphatic heterocycles. The van der Waals surface area contributed by atoms with Gasteiger partial charge in [0.05, 0.1) is 31.7 Å². The average Bonchev–Trinajstić information content (AvgIpc) is 2.65. The monoisotopic (exact) mass is 335 g/mol. The van der Waals surface area contributed by atoms with Gasteiger partial charge in [-0.05, 0) is 24.8 Å². The molecule has 0 radical (unpaired) electrons. The Morgan fingerprint density at radius 1 is 1.08 bits per heavy atom. The number of nitrogens with one attached hydrogen (secondary N) is 1. The highest BCUT2D eigenvalue weighted by Crippen LogP contribution is 2.45. The second-order valence-corrected chi connectivity index (χ2v) is 7.50. The molecule has 3 heteroatoms. The second kappa shape index (κ2) is 7.39. The Hall–Kier alpha value is -2.15. The van der Waals surface area contributed by atoms with Crippen LogP contribution in [-0.4, -0.2) is 25.3 Å². The molecule has 2 aromatic carbocycles. The van der Waals surface area contributed by atoms with Gasteiger partial charge in [-0.3, -0.25) is 0 Å². The number of hydrogen-bond acceptors (Lipinski definition) is 2. The van der Waals surface area contributed by atoms with Crippen molar-refractivity contribution in [2.75, 3.05) is 14.1 Å². The first-order valence-electron chi connectivity index (χ1n) is 9.07. The van der Waals surface area contributed by atoms with Gasteiger partial charge in [-0.2, -0.15) is 5.26 Å². The molecular weight excluding hydrogens is 308 g/mol. The van der Waals surface area contributed by atoms with Gasteiger partial charge >= 0.3 is 0 Å². The van der Waals surface area contributed by atoms with Crippen molar-refractivity contribution in [2.45, 2.75) is 36.8 Å². The van der Waals surface area contributed by atoms with Crippen LogP contribution in [-0.2, 0) is 5.41 Å². The van der Waals surface area contributed by atoms with E-state index in [0.717, 1.165) is 12.0 Å². The Labute approximate surface area is 150 Å². The highest BCUT2D eigenvalue weighted by Gasteiger charge is 2.47. The van der Waals surface area contributed by atoms with Gasteiger partial charge in [-0.15, -0.1) is 0 Å². The molecular formula is C22H27N2O+. The number of hydrogen-bond donors (Lipinski definition) is 2. The van der Waals surface area contributed by atoms with Crippen LogP contribution in [0, 0.1) is 17.2 Å². The summed E-state index contributed by atoms with van der Waals surface area (Å²) < 4.78 is 0. The Bertz CT molecular complexity index is 723. The first kappa shape index (κ1) is 17.7. The average molecular weight is 335 g/mol. The summed E-state index contributed by atoms with van der Waals surface area (Å²) in [5.74, 6) is 0.0565. The number of benzene rings is 2. The summed E-state index contributed by atoms with van der Waals surface area (Å²) >= 11 is 0. The van der Waals surface area contributed by atoms with Crippen LogP contribution in [0.2, 0.25) is 0 Å². The van der Waals surface area contributed by atoms with Gasteiger partial charge < -0.3 is 10.0 Å². The minimum Gasteiger partial charge on any atom is -0.393 e. The Morgan fingerprint density at radius 2 is 1.68 bits per heavy atom. The molecule has 2 aromatic rings. The third-order valence-electron chi connectivity index (χ3n) is 5.69. The van der Waals surface area contributed by atoms with Gasteiger partial charge in [0.25, 0.3) is 0 Å². The topological polar surface area (TPSA) is 48.5 Å². The standard InChI is InChI=1S/C22H26N2O/c1-24(2)21(17-9-5-3-6-10-17)19-15-22(16-23,14-13-20(19)25)18-11-7-4-8-12-18/h3-12,19-21,25H,13-15H2,1-2H3/p+1/t19-,20+,21-,22+/m1/s1. The van der Waals surface area contributed by atoms with Gasteiger partial charge in [-0.25, -0.2) is 0 Å². The van der Waals surface area contributed by atoms with Crippen molar-refractivity contribution in [3.63, 3.8) is 0 Å². The van der Waals surface area contributed by atoms with Crippen molar-refractivity contribution in [1.82, 2.24) is 0 Å². The fourth-order valence-electron chi connectivity index (χ4n) is 4.44. The molecule has 3 rings (SSSR count). The largest absolute Gasteiger partial charge is 0.393 e. The number of aliphatic hydroxyl groups excluding tert-OH is 1. The summed E-state index contributed by atoms with van der Waals surface area (Å²) in [5, 5.41) is 20.9. The number of nitrogens with zero attached hydrogens (tertiary/aromatic N) is 1. The van der Waals surface area contributed by atoms with E-state index in [0.29, 0.717) is 12.8 Å². The molecule has 2 N–H and O–H groups in total. The van der Waals surface area contributed by atoms with Crippen LogP contribution in [0.25, 0.3) is 0 Å². The molecule has 4 atom stereocenters. The van der Waals surface area contributed by atoms with E-state index in [2.05, 4.69) is 56.6 Å². The minimum absolute atomic E-state index is 0.0565. The normalized spacial score (nSPS) is 27.6. The third-order valence-corrected chi connectivity index (χ3v) is 5.69. The summed E-state index contributed by atoms with van der Waals surface area (Å²) in [4.78, 5) is 1.29. The lowest BCUT2D eigenvalue weighted by Crippen LogP contribution is -3.07. The van der Waals surface area contributed by atoms with Crippen molar-refractivity contribution >= 4 is 0 Å². The van der Waals surface area contributed by atoms with E-state index in [9.17, 15) is 10.4 Å². The number of nitriles is 1. The summed E-state index contributed by atoms with van der Waals surface area (Å²) in [7, 11) is 4.27. The Kier molecular flexibility index (Phi) is 5.22. The summed E-state index contributed by atoms with van der Waals surface area (Å²) in [6.07, 6.45) is 1.71. The molecule has 1 saturated carbocycles. The van der Waals surface area contributed by atoms with Crippen LogP contribution in [0.15, 0.2) is 60.7 Å². The van der Waals surface area contributed by atoms with E-state index < -0.39 is 5.41 Å². The first-order valence-corrected chi connectivity index (χ1v) is 9.07. The van der Waals surface area contributed by atoms with Gasteiger partial charge in [0.2, 0.25) is 0 Å². The minimum atomic E-state index is -0.506. The third kappa shape index (κ3) is 3.46. The van der Waals surface area contributed by atoms with Crippen molar-refractivity contribution in [3.05, 3.63) is 71.8 Å². The highest BCUT2D eigenvalue weighted by atomic mass is 16.3. The molecule has 3 nitrogen and oxygen atoms in total. The van der Waals surface area contributed by atoms with Gasteiger partial charge in [0.1, 0.15) is 6.04 Å². The Morgan fingerprint density at radius 3 is 2.24 bits per heavy atom. The lowest BCUT2D eigenvalue weighted by Gasteiger charge is -2.42. The lowest BCUT2D eigenvalue weighted by molar-refractivity contribution is -0.898. The van der Waals surface area contributed by atoms with Gasteiger partial charge in [-0.1, -0.05) is 60.7 Å². The van der Waals surface area contributed by atoms with Crippen molar-refractivity contribution in [3.8, 4) is 6.07 Å². The maximum atomic E-state index is 10.8. The molecule has 130 valence electrons. The van der Waals surface area contributed by atoms with E-state index in [1.54, 1.807) is 0 Å². The molecule has 1 fully saturated rings. The highest BCUT2D eigenvalue weighted by molar-refractivity contribution is 5.34. The van der Waals surface area contributed by atoms with Crippen LogP contribution in [0.5, 0.6) is 0 Å². The molecule has 0 saturated heterocycles. The first-order chi connectivity index (χ1) is 12.1. The smallest absolute Gasteiger partial charge is 0.118 e. The summed E-state index contributed by atoms with van der Waals surface area (Å²) in [6.45, 7) is 0.